The Morgan fingerprint density at radius 1 is 1.21 bits per heavy atom. The maximum Gasteiger partial charge on any atom is 0.0205 e. The number of hydrogen-bond acceptors (Lipinski definition) is 1. The number of rotatable bonds is 2. The van der Waals surface area contributed by atoms with Crippen molar-refractivity contribution in [1.82, 2.24) is 5.32 Å². The number of aryl methyl sites for hydroxylation is 1. The summed E-state index contributed by atoms with van der Waals surface area (Å²) in [6, 6.07) is 6.76. The third-order valence-electron chi connectivity index (χ3n) is 2.58. The van der Waals surface area contributed by atoms with E-state index in [2.05, 4.69) is 51.2 Å². The zero-order valence-electron chi connectivity index (χ0n) is 9.94. The van der Waals surface area contributed by atoms with Crippen LogP contribution >= 0.6 is 0 Å². The molecule has 0 aliphatic carbocycles. The first-order valence-corrected chi connectivity index (χ1v) is 5.20. The molecule has 0 heterocycles. The van der Waals surface area contributed by atoms with E-state index in [1.165, 1.54) is 16.7 Å². The molecule has 1 aromatic rings. The Labute approximate surface area is 87.5 Å². The van der Waals surface area contributed by atoms with Crippen molar-refractivity contribution in [2.75, 3.05) is 7.05 Å². The van der Waals surface area contributed by atoms with E-state index in [9.17, 15) is 0 Å². The topological polar surface area (TPSA) is 12.0 Å². The standard InChI is InChI=1S/C13H21N/c1-10-6-7-12(13(2,3)4)8-11(10)9-14-5/h6-8,14H,9H2,1-5H3. The lowest BCUT2D eigenvalue weighted by atomic mass is 9.85. The molecule has 1 heteroatoms. The SMILES string of the molecule is CNCc1cc(C(C)(C)C)ccc1C. The largest absolute Gasteiger partial charge is 0.316 e. The molecule has 0 bridgehead atoms. The number of benzene rings is 1. The van der Waals surface area contributed by atoms with Crippen molar-refractivity contribution in [3.63, 3.8) is 0 Å². The Bertz CT molecular complexity index is 308. The van der Waals surface area contributed by atoms with Gasteiger partial charge in [-0.1, -0.05) is 39.0 Å². The predicted octanol–water partition coefficient (Wildman–Crippen LogP) is 3.01. The Balaban J connectivity index is 3.06. The van der Waals surface area contributed by atoms with Crippen molar-refractivity contribution < 1.29 is 0 Å². The summed E-state index contributed by atoms with van der Waals surface area (Å²) in [4.78, 5) is 0. The lowest BCUT2D eigenvalue weighted by Gasteiger charge is -2.20. The molecule has 0 amide bonds. The van der Waals surface area contributed by atoms with Crippen LogP contribution in [0.5, 0.6) is 0 Å². The van der Waals surface area contributed by atoms with Gasteiger partial charge in [0.25, 0.3) is 0 Å². The lowest BCUT2D eigenvalue weighted by Crippen LogP contribution is -2.13. The van der Waals surface area contributed by atoms with Crippen molar-refractivity contribution in [3.8, 4) is 0 Å². The van der Waals surface area contributed by atoms with Crippen LogP contribution in [0.3, 0.4) is 0 Å². The Morgan fingerprint density at radius 2 is 1.86 bits per heavy atom. The van der Waals surface area contributed by atoms with Crippen molar-refractivity contribution in [1.29, 1.82) is 0 Å². The second-order valence-electron chi connectivity index (χ2n) is 4.92. The molecule has 0 atom stereocenters. The fourth-order valence-corrected chi connectivity index (χ4v) is 1.52. The van der Waals surface area contributed by atoms with Crippen LogP contribution in [0.15, 0.2) is 18.2 Å². The molecule has 0 saturated carbocycles. The van der Waals surface area contributed by atoms with Crippen molar-refractivity contribution in [3.05, 3.63) is 34.9 Å². The average Bonchev–Trinajstić information content (AvgIpc) is 2.07. The van der Waals surface area contributed by atoms with E-state index < -0.39 is 0 Å². The summed E-state index contributed by atoms with van der Waals surface area (Å²) in [7, 11) is 1.99. The van der Waals surface area contributed by atoms with E-state index in [-0.39, 0.29) is 5.41 Å². The van der Waals surface area contributed by atoms with Gasteiger partial charge in [-0.3, -0.25) is 0 Å². The monoisotopic (exact) mass is 191 g/mol. The highest BCUT2D eigenvalue weighted by molar-refractivity contribution is 5.34. The Morgan fingerprint density at radius 3 is 2.36 bits per heavy atom. The first-order chi connectivity index (χ1) is 6.45. The van der Waals surface area contributed by atoms with E-state index in [0.717, 1.165) is 6.54 Å². The molecule has 0 saturated heterocycles. The van der Waals surface area contributed by atoms with Gasteiger partial charge in [0.05, 0.1) is 0 Å². The van der Waals surface area contributed by atoms with Crippen LogP contribution < -0.4 is 5.32 Å². The first kappa shape index (κ1) is 11.3. The molecule has 0 unspecified atom stereocenters. The summed E-state index contributed by atoms with van der Waals surface area (Å²) >= 11 is 0. The molecule has 0 radical (unpaired) electrons. The minimum absolute atomic E-state index is 0.246. The van der Waals surface area contributed by atoms with Crippen LogP contribution in [0.4, 0.5) is 0 Å². The normalized spacial score (nSPS) is 11.8. The summed E-state index contributed by atoms with van der Waals surface area (Å²) in [5.74, 6) is 0. The van der Waals surface area contributed by atoms with Crippen LogP contribution in [0.1, 0.15) is 37.5 Å². The van der Waals surface area contributed by atoms with Gasteiger partial charge < -0.3 is 5.32 Å². The lowest BCUT2D eigenvalue weighted by molar-refractivity contribution is 0.588. The molecule has 1 rings (SSSR count). The molecule has 0 fully saturated rings. The summed E-state index contributed by atoms with van der Waals surface area (Å²) in [6.45, 7) is 9.87. The van der Waals surface area contributed by atoms with Gasteiger partial charge >= 0.3 is 0 Å². The highest BCUT2D eigenvalue weighted by Gasteiger charge is 2.14. The maximum absolute atomic E-state index is 3.20. The fourth-order valence-electron chi connectivity index (χ4n) is 1.52. The van der Waals surface area contributed by atoms with E-state index in [1.54, 1.807) is 0 Å². The van der Waals surface area contributed by atoms with Crippen molar-refractivity contribution in [2.24, 2.45) is 0 Å². The smallest absolute Gasteiger partial charge is 0.0205 e. The van der Waals surface area contributed by atoms with Gasteiger partial charge in [0.1, 0.15) is 0 Å². The number of hydrogen-bond donors (Lipinski definition) is 1. The molecule has 14 heavy (non-hydrogen) atoms. The maximum atomic E-state index is 3.20. The Kier molecular flexibility index (Phi) is 3.33. The third kappa shape index (κ3) is 2.58. The van der Waals surface area contributed by atoms with E-state index in [0.29, 0.717) is 0 Å². The second kappa shape index (κ2) is 4.14. The first-order valence-electron chi connectivity index (χ1n) is 5.20. The highest BCUT2D eigenvalue weighted by atomic mass is 14.8. The van der Waals surface area contributed by atoms with Gasteiger partial charge in [0, 0.05) is 6.54 Å². The molecule has 0 aromatic heterocycles. The van der Waals surface area contributed by atoms with E-state index in [1.807, 2.05) is 7.05 Å². The molecule has 1 nitrogen and oxygen atoms in total. The summed E-state index contributed by atoms with van der Waals surface area (Å²) in [6.07, 6.45) is 0. The molecule has 0 aliphatic heterocycles. The molecule has 0 aliphatic rings. The predicted molar refractivity (Wildman–Crippen MR) is 62.6 cm³/mol. The minimum atomic E-state index is 0.246. The third-order valence-corrected chi connectivity index (χ3v) is 2.58. The van der Waals surface area contributed by atoms with Gasteiger partial charge in [-0.25, -0.2) is 0 Å². The fraction of sp³-hybridized carbons (Fsp3) is 0.538. The van der Waals surface area contributed by atoms with Crippen molar-refractivity contribution in [2.45, 2.75) is 39.7 Å². The van der Waals surface area contributed by atoms with Crippen LogP contribution in [0, 0.1) is 6.92 Å². The second-order valence-corrected chi connectivity index (χ2v) is 4.92. The molecule has 1 N–H and O–H groups in total. The van der Waals surface area contributed by atoms with Gasteiger partial charge in [-0.2, -0.15) is 0 Å². The summed E-state index contributed by atoms with van der Waals surface area (Å²) in [5, 5.41) is 3.20. The van der Waals surface area contributed by atoms with Crippen molar-refractivity contribution >= 4 is 0 Å². The van der Waals surface area contributed by atoms with E-state index in [4.69, 9.17) is 0 Å². The highest BCUT2D eigenvalue weighted by Crippen LogP contribution is 2.24. The average molecular weight is 191 g/mol. The Hall–Kier alpha value is -0.820. The van der Waals surface area contributed by atoms with Crippen LogP contribution in [0.25, 0.3) is 0 Å². The zero-order chi connectivity index (χ0) is 10.8. The summed E-state index contributed by atoms with van der Waals surface area (Å²) in [5.41, 5.74) is 4.43. The van der Waals surface area contributed by atoms with E-state index >= 15 is 0 Å². The number of nitrogens with one attached hydrogen (secondary N) is 1. The molecule has 0 spiro atoms. The van der Waals surface area contributed by atoms with Crippen LogP contribution in [0.2, 0.25) is 0 Å². The van der Waals surface area contributed by atoms with Gasteiger partial charge in [0.15, 0.2) is 0 Å². The molecular formula is C13H21N. The minimum Gasteiger partial charge on any atom is -0.316 e. The van der Waals surface area contributed by atoms with Gasteiger partial charge in [-0.15, -0.1) is 0 Å². The zero-order valence-corrected chi connectivity index (χ0v) is 9.94. The quantitative estimate of drug-likeness (QED) is 0.757. The molecular weight excluding hydrogens is 170 g/mol. The summed E-state index contributed by atoms with van der Waals surface area (Å²) < 4.78 is 0. The van der Waals surface area contributed by atoms with Crippen LogP contribution in [-0.2, 0) is 12.0 Å². The van der Waals surface area contributed by atoms with Crippen LogP contribution in [-0.4, -0.2) is 7.05 Å². The molecule has 78 valence electrons. The van der Waals surface area contributed by atoms with Gasteiger partial charge in [-0.05, 0) is 36.1 Å². The van der Waals surface area contributed by atoms with Gasteiger partial charge in [0.2, 0.25) is 0 Å². The molecule has 1 aromatic carbocycles.